The lowest BCUT2D eigenvalue weighted by Crippen LogP contribution is -2.50. The molecule has 1 atom stereocenters. The molecule has 2 aromatic heterocycles. The highest BCUT2D eigenvalue weighted by Gasteiger charge is 2.35. The first-order valence-corrected chi connectivity index (χ1v) is 9.37. The number of carbonyl (C=O) groups is 2. The number of ether oxygens (including phenoxy) is 1. The van der Waals surface area contributed by atoms with Crippen molar-refractivity contribution < 1.29 is 14.3 Å². The first-order valence-electron chi connectivity index (χ1n) is 9.37. The van der Waals surface area contributed by atoms with Crippen LogP contribution in [-0.4, -0.2) is 58.2 Å². The molecule has 0 aliphatic carbocycles. The van der Waals surface area contributed by atoms with E-state index in [1.54, 1.807) is 35.8 Å². The van der Waals surface area contributed by atoms with E-state index in [4.69, 9.17) is 4.74 Å². The zero-order chi connectivity index (χ0) is 20.9. The number of nitrogens with zero attached hydrogens (tertiary/aromatic N) is 5. The van der Waals surface area contributed by atoms with Crippen LogP contribution in [0.4, 0.5) is 5.69 Å². The Morgan fingerprint density at radius 2 is 1.93 bits per heavy atom. The number of carbonyl (C=O) groups excluding carboxylic acids is 2. The molecule has 1 aliphatic rings. The van der Waals surface area contributed by atoms with Crippen LogP contribution in [0.15, 0.2) is 30.3 Å². The number of hydrogen-bond acceptors (Lipinski definition) is 5. The van der Waals surface area contributed by atoms with E-state index in [9.17, 15) is 9.59 Å². The van der Waals surface area contributed by atoms with Crippen LogP contribution in [0.5, 0.6) is 5.75 Å². The van der Waals surface area contributed by atoms with Crippen LogP contribution >= 0.6 is 0 Å². The number of amides is 2. The van der Waals surface area contributed by atoms with Gasteiger partial charge in [-0.15, -0.1) is 0 Å². The lowest BCUT2D eigenvalue weighted by molar-refractivity contribution is -0.135. The second-order valence-electron chi connectivity index (χ2n) is 7.44. The highest BCUT2D eigenvalue weighted by atomic mass is 16.5. The maximum atomic E-state index is 13.7. The molecule has 3 aromatic rings. The molecule has 150 valence electrons. The second-order valence-corrected chi connectivity index (χ2v) is 7.44. The molecular formula is C21H23N5O3. The molecule has 0 unspecified atom stereocenters. The fourth-order valence-corrected chi connectivity index (χ4v) is 3.73. The molecule has 1 aliphatic heterocycles. The van der Waals surface area contributed by atoms with E-state index < -0.39 is 6.10 Å². The van der Waals surface area contributed by atoms with Gasteiger partial charge in [0, 0.05) is 26.8 Å². The molecule has 0 radical (unpaired) electrons. The Balaban J connectivity index is 1.84. The van der Waals surface area contributed by atoms with Gasteiger partial charge >= 0.3 is 0 Å². The number of benzene rings is 1. The standard InChI is InChI=1S/C21H23N5O3/c1-12-10-14(18-13(2)23-25(5)19(18)22-12)20(27)26-11-17(21(28)24(3)4)29-16-9-7-6-8-15(16)26/h6-10,17H,11H2,1-5H3/t17-/m1/s1. The van der Waals surface area contributed by atoms with Gasteiger partial charge in [-0.3, -0.25) is 14.3 Å². The van der Waals surface area contributed by atoms with E-state index in [-0.39, 0.29) is 18.4 Å². The van der Waals surface area contributed by atoms with Crippen molar-refractivity contribution in [2.75, 3.05) is 25.5 Å². The predicted octanol–water partition coefficient (Wildman–Crippen LogP) is 2.08. The number of rotatable bonds is 2. The van der Waals surface area contributed by atoms with Gasteiger partial charge in [0.05, 0.1) is 28.9 Å². The highest BCUT2D eigenvalue weighted by Crippen LogP contribution is 2.35. The molecule has 0 saturated heterocycles. The van der Waals surface area contributed by atoms with Crippen LogP contribution in [-0.2, 0) is 11.8 Å². The van der Waals surface area contributed by atoms with Gasteiger partial charge in [-0.05, 0) is 32.0 Å². The van der Waals surface area contributed by atoms with Crippen LogP contribution in [0, 0.1) is 13.8 Å². The van der Waals surface area contributed by atoms with Crippen molar-refractivity contribution in [3.63, 3.8) is 0 Å². The van der Waals surface area contributed by atoms with E-state index >= 15 is 0 Å². The normalized spacial score (nSPS) is 15.8. The first-order chi connectivity index (χ1) is 13.8. The molecule has 1 aromatic carbocycles. The Hall–Kier alpha value is -3.42. The summed E-state index contributed by atoms with van der Waals surface area (Å²) >= 11 is 0. The minimum atomic E-state index is -0.766. The van der Waals surface area contributed by atoms with Gasteiger partial charge < -0.3 is 14.5 Å². The van der Waals surface area contributed by atoms with Crippen LogP contribution in [0.1, 0.15) is 21.7 Å². The number of likely N-dealkylation sites (N-methyl/N-ethyl adjacent to an activating group) is 1. The first kappa shape index (κ1) is 18.9. The van der Waals surface area contributed by atoms with Gasteiger partial charge in [0.2, 0.25) is 0 Å². The SMILES string of the molecule is Cc1cc(C(=O)N2C[C@H](C(=O)N(C)C)Oc3ccccc32)c2c(C)nn(C)c2n1. The van der Waals surface area contributed by atoms with Crippen molar-refractivity contribution in [1.82, 2.24) is 19.7 Å². The average Bonchev–Trinajstić information content (AvgIpc) is 2.98. The van der Waals surface area contributed by atoms with Crippen molar-refractivity contribution in [3.05, 3.63) is 47.3 Å². The van der Waals surface area contributed by atoms with Gasteiger partial charge in [0.1, 0.15) is 5.75 Å². The summed E-state index contributed by atoms with van der Waals surface area (Å²) in [6.45, 7) is 3.85. The monoisotopic (exact) mass is 393 g/mol. The van der Waals surface area contributed by atoms with Gasteiger partial charge in [-0.25, -0.2) is 4.98 Å². The van der Waals surface area contributed by atoms with Gasteiger partial charge in [0.15, 0.2) is 11.8 Å². The minimum Gasteiger partial charge on any atom is -0.476 e. The Labute approximate surface area is 168 Å². The third-order valence-electron chi connectivity index (χ3n) is 5.06. The van der Waals surface area contributed by atoms with Gasteiger partial charge in [0.25, 0.3) is 11.8 Å². The molecule has 3 heterocycles. The van der Waals surface area contributed by atoms with Crippen molar-refractivity contribution >= 4 is 28.5 Å². The van der Waals surface area contributed by atoms with Crippen molar-refractivity contribution in [3.8, 4) is 5.75 Å². The van der Waals surface area contributed by atoms with Crippen LogP contribution in [0.2, 0.25) is 0 Å². The molecule has 29 heavy (non-hydrogen) atoms. The molecule has 2 amide bonds. The summed E-state index contributed by atoms with van der Waals surface area (Å²) in [6, 6.07) is 9.04. The summed E-state index contributed by atoms with van der Waals surface area (Å²) in [4.78, 5) is 33.9. The van der Waals surface area contributed by atoms with E-state index in [2.05, 4.69) is 10.1 Å². The molecule has 0 N–H and O–H groups in total. The fraction of sp³-hybridized carbons (Fsp3) is 0.333. The van der Waals surface area contributed by atoms with Crippen molar-refractivity contribution in [2.45, 2.75) is 20.0 Å². The second kappa shape index (κ2) is 6.88. The van der Waals surface area contributed by atoms with E-state index in [1.807, 2.05) is 39.1 Å². The summed E-state index contributed by atoms with van der Waals surface area (Å²) < 4.78 is 7.58. The van der Waals surface area contributed by atoms with Crippen LogP contribution < -0.4 is 9.64 Å². The molecule has 0 saturated carbocycles. The molecule has 8 nitrogen and oxygen atoms in total. The lowest BCUT2D eigenvalue weighted by Gasteiger charge is -2.35. The zero-order valence-electron chi connectivity index (χ0n) is 17.1. The van der Waals surface area contributed by atoms with Crippen molar-refractivity contribution in [1.29, 1.82) is 0 Å². The Bertz CT molecular complexity index is 1130. The summed E-state index contributed by atoms with van der Waals surface area (Å²) in [5.41, 5.74) is 3.29. The molecule has 0 bridgehead atoms. The Morgan fingerprint density at radius 3 is 2.66 bits per heavy atom. The summed E-state index contributed by atoms with van der Waals surface area (Å²) in [7, 11) is 5.16. The summed E-state index contributed by atoms with van der Waals surface area (Å²) in [5, 5.41) is 5.15. The minimum absolute atomic E-state index is 0.134. The number of hydrogen-bond donors (Lipinski definition) is 0. The molecule has 0 fully saturated rings. The quantitative estimate of drug-likeness (QED) is 0.666. The lowest BCUT2D eigenvalue weighted by atomic mass is 10.1. The van der Waals surface area contributed by atoms with Crippen LogP contribution in [0.25, 0.3) is 11.0 Å². The third-order valence-corrected chi connectivity index (χ3v) is 5.06. The third kappa shape index (κ3) is 3.10. The van der Waals surface area contributed by atoms with Gasteiger partial charge in [-0.1, -0.05) is 12.1 Å². The van der Waals surface area contributed by atoms with E-state index in [1.165, 1.54) is 4.90 Å². The number of anilines is 1. The Morgan fingerprint density at radius 1 is 1.21 bits per heavy atom. The highest BCUT2D eigenvalue weighted by molar-refractivity contribution is 6.14. The number of fused-ring (bicyclic) bond motifs is 2. The number of para-hydroxylation sites is 2. The molecule has 0 spiro atoms. The zero-order valence-corrected chi connectivity index (χ0v) is 17.1. The maximum Gasteiger partial charge on any atom is 0.265 e. The molecule has 4 rings (SSSR count). The fourth-order valence-electron chi connectivity index (χ4n) is 3.73. The van der Waals surface area contributed by atoms with E-state index in [0.29, 0.717) is 22.6 Å². The van der Waals surface area contributed by atoms with Gasteiger partial charge in [-0.2, -0.15) is 5.10 Å². The van der Waals surface area contributed by atoms with E-state index in [0.717, 1.165) is 16.8 Å². The largest absolute Gasteiger partial charge is 0.476 e. The Kier molecular flexibility index (Phi) is 4.49. The molecule has 8 heteroatoms. The van der Waals surface area contributed by atoms with Crippen LogP contribution in [0.3, 0.4) is 0 Å². The summed E-state index contributed by atoms with van der Waals surface area (Å²) in [5.74, 6) is 0.118. The predicted molar refractivity (Wildman–Crippen MR) is 109 cm³/mol. The average molecular weight is 393 g/mol. The molecular weight excluding hydrogens is 370 g/mol. The number of aromatic nitrogens is 3. The number of pyridine rings is 1. The smallest absolute Gasteiger partial charge is 0.265 e. The topological polar surface area (TPSA) is 80.6 Å². The van der Waals surface area contributed by atoms with Crippen molar-refractivity contribution in [2.24, 2.45) is 7.05 Å². The maximum absolute atomic E-state index is 13.7. The number of aryl methyl sites for hydroxylation is 3. The summed E-state index contributed by atoms with van der Waals surface area (Å²) in [6.07, 6.45) is -0.766.